The summed E-state index contributed by atoms with van der Waals surface area (Å²) < 4.78 is 10.5. The quantitative estimate of drug-likeness (QED) is 0.775. The summed E-state index contributed by atoms with van der Waals surface area (Å²) in [5.41, 5.74) is 2.26. The highest BCUT2D eigenvalue weighted by Gasteiger charge is 2.24. The van der Waals surface area contributed by atoms with Crippen LogP contribution >= 0.6 is 0 Å². The highest BCUT2D eigenvalue weighted by molar-refractivity contribution is 5.51. The summed E-state index contributed by atoms with van der Waals surface area (Å²) in [6.07, 6.45) is 0. The normalized spacial score (nSPS) is 19.2. The van der Waals surface area contributed by atoms with Crippen molar-refractivity contribution in [2.75, 3.05) is 38.3 Å². The van der Waals surface area contributed by atoms with Gasteiger partial charge in [-0.25, -0.2) is 0 Å². The number of nitrogens with one attached hydrogen (secondary N) is 1. The third-order valence-corrected chi connectivity index (χ3v) is 3.14. The Morgan fingerprint density at radius 3 is 2.82 bits per heavy atom. The van der Waals surface area contributed by atoms with Crippen LogP contribution in [0.5, 0.6) is 6.01 Å². The number of anilines is 1. The first kappa shape index (κ1) is 10.7. The third kappa shape index (κ3) is 1.94. The van der Waals surface area contributed by atoms with Crippen LogP contribution in [0.25, 0.3) is 0 Å². The van der Waals surface area contributed by atoms with E-state index in [9.17, 15) is 0 Å². The minimum Gasteiger partial charge on any atom is -0.467 e. The molecule has 1 fully saturated rings. The van der Waals surface area contributed by atoms with Crippen LogP contribution in [0.15, 0.2) is 0 Å². The fraction of sp³-hybridized carbons (Fsp3) is 0.636. The molecular formula is C11H16N4O2. The third-order valence-electron chi connectivity index (χ3n) is 3.14. The van der Waals surface area contributed by atoms with Gasteiger partial charge in [-0.05, 0) is 0 Å². The van der Waals surface area contributed by atoms with Crippen molar-refractivity contribution >= 4 is 5.82 Å². The molecule has 0 bridgehead atoms. The lowest BCUT2D eigenvalue weighted by molar-refractivity contribution is 0.122. The zero-order chi connectivity index (χ0) is 11.7. The molecule has 0 saturated carbocycles. The number of aromatic nitrogens is 2. The molecule has 0 atom stereocenters. The van der Waals surface area contributed by atoms with Crippen molar-refractivity contribution in [3.63, 3.8) is 0 Å². The highest BCUT2D eigenvalue weighted by Crippen LogP contribution is 2.27. The zero-order valence-corrected chi connectivity index (χ0v) is 9.90. The van der Waals surface area contributed by atoms with Crippen molar-refractivity contribution < 1.29 is 9.47 Å². The van der Waals surface area contributed by atoms with Crippen LogP contribution < -0.4 is 15.0 Å². The number of hydrogen-bond acceptors (Lipinski definition) is 6. The van der Waals surface area contributed by atoms with E-state index in [1.165, 1.54) is 5.56 Å². The second-order valence-corrected chi connectivity index (χ2v) is 4.16. The predicted octanol–water partition coefficient (Wildman–Crippen LogP) is -0.0750. The molecule has 2 aliphatic rings. The fourth-order valence-corrected chi connectivity index (χ4v) is 2.26. The van der Waals surface area contributed by atoms with Gasteiger partial charge in [0.25, 0.3) is 0 Å². The highest BCUT2D eigenvalue weighted by atomic mass is 16.5. The molecular weight excluding hydrogens is 220 g/mol. The van der Waals surface area contributed by atoms with E-state index in [0.717, 1.165) is 50.9 Å². The maximum Gasteiger partial charge on any atom is 0.318 e. The Hall–Kier alpha value is -1.40. The van der Waals surface area contributed by atoms with Crippen LogP contribution in [0.1, 0.15) is 11.3 Å². The Morgan fingerprint density at radius 2 is 2.06 bits per heavy atom. The topological polar surface area (TPSA) is 59.5 Å². The number of fused-ring (bicyclic) bond motifs is 1. The molecule has 3 heterocycles. The van der Waals surface area contributed by atoms with Crippen LogP contribution in [0.4, 0.5) is 5.82 Å². The summed E-state index contributed by atoms with van der Waals surface area (Å²) in [7, 11) is 1.60. The molecule has 3 rings (SSSR count). The van der Waals surface area contributed by atoms with Crippen molar-refractivity contribution in [1.29, 1.82) is 0 Å². The molecule has 6 nitrogen and oxygen atoms in total. The van der Waals surface area contributed by atoms with Gasteiger partial charge in [0.2, 0.25) is 0 Å². The van der Waals surface area contributed by atoms with Crippen LogP contribution in [0.2, 0.25) is 0 Å². The van der Waals surface area contributed by atoms with Crippen molar-refractivity contribution in [1.82, 2.24) is 15.3 Å². The molecule has 0 radical (unpaired) electrons. The first-order chi connectivity index (χ1) is 8.38. The van der Waals surface area contributed by atoms with E-state index >= 15 is 0 Å². The Morgan fingerprint density at radius 1 is 1.24 bits per heavy atom. The first-order valence-electron chi connectivity index (χ1n) is 5.85. The van der Waals surface area contributed by atoms with Gasteiger partial charge in [-0.3, -0.25) is 0 Å². The zero-order valence-electron chi connectivity index (χ0n) is 9.90. The molecule has 0 aromatic carbocycles. The van der Waals surface area contributed by atoms with Gasteiger partial charge < -0.3 is 19.7 Å². The van der Waals surface area contributed by atoms with E-state index in [1.807, 2.05) is 0 Å². The summed E-state index contributed by atoms with van der Waals surface area (Å²) in [5.74, 6) is 1.00. The molecule has 6 heteroatoms. The summed E-state index contributed by atoms with van der Waals surface area (Å²) in [5, 5.41) is 3.30. The molecule has 17 heavy (non-hydrogen) atoms. The molecule has 1 aromatic rings. The van der Waals surface area contributed by atoms with E-state index < -0.39 is 0 Å². The van der Waals surface area contributed by atoms with E-state index in [0.29, 0.717) is 6.01 Å². The van der Waals surface area contributed by atoms with Gasteiger partial charge in [-0.2, -0.15) is 9.97 Å². The molecule has 0 amide bonds. The average molecular weight is 236 g/mol. The van der Waals surface area contributed by atoms with Crippen LogP contribution in [0.3, 0.4) is 0 Å². The number of nitrogens with zero attached hydrogens (tertiary/aromatic N) is 3. The molecule has 0 unspecified atom stereocenters. The van der Waals surface area contributed by atoms with Gasteiger partial charge in [0.1, 0.15) is 5.82 Å². The summed E-state index contributed by atoms with van der Waals surface area (Å²) >= 11 is 0. The molecule has 1 N–H and O–H groups in total. The summed E-state index contributed by atoms with van der Waals surface area (Å²) in [6, 6.07) is 0.453. The maximum absolute atomic E-state index is 5.37. The molecule has 1 aromatic heterocycles. The second-order valence-electron chi connectivity index (χ2n) is 4.16. The number of rotatable bonds is 2. The molecule has 92 valence electrons. The first-order valence-corrected chi connectivity index (χ1v) is 5.85. The molecule has 1 saturated heterocycles. The van der Waals surface area contributed by atoms with Crippen molar-refractivity contribution in [3.8, 4) is 6.01 Å². The van der Waals surface area contributed by atoms with Crippen molar-refractivity contribution in [2.45, 2.75) is 13.1 Å². The van der Waals surface area contributed by atoms with Crippen molar-refractivity contribution in [3.05, 3.63) is 11.3 Å². The monoisotopic (exact) mass is 236 g/mol. The lowest BCUT2D eigenvalue weighted by Gasteiger charge is -2.29. The van der Waals surface area contributed by atoms with Gasteiger partial charge in [-0.1, -0.05) is 0 Å². The van der Waals surface area contributed by atoms with Crippen molar-refractivity contribution in [2.24, 2.45) is 0 Å². The maximum atomic E-state index is 5.37. The summed E-state index contributed by atoms with van der Waals surface area (Å²) in [6.45, 7) is 4.92. The van der Waals surface area contributed by atoms with Gasteiger partial charge in [0, 0.05) is 31.7 Å². The number of hydrogen-bond donors (Lipinski definition) is 1. The van der Waals surface area contributed by atoms with Gasteiger partial charge in [0.05, 0.1) is 26.0 Å². The lowest BCUT2D eigenvalue weighted by Crippen LogP contribution is -2.37. The largest absolute Gasteiger partial charge is 0.467 e. The number of morpholine rings is 1. The van der Waals surface area contributed by atoms with Crippen LogP contribution in [-0.4, -0.2) is 43.4 Å². The van der Waals surface area contributed by atoms with E-state index in [-0.39, 0.29) is 0 Å². The Kier molecular flexibility index (Phi) is 2.82. The second kappa shape index (κ2) is 4.46. The molecule has 0 spiro atoms. The fourth-order valence-electron chi connectivity index (χ4n) is 2.26. The Balaban J connectivity index is 1.98. The van der Waals surface area contributed by atoms with Gasteiger partial charge in [-0.15, -0.1) is 0 Å². The van der Waals surface area contributed by atoms with E-state index in [2.05, 4.69) is 20.2 Å². The van der Waals surface area contributed by atoms with Crippen LogP contribution in [0, 0.1) is 0 Å². The molecule has 2 aliphatic heterocycles. The smallest absolute Gasteiger partial charge is 0.318 e. The molecule has 0 aliphatic carbocycles. The standard InChI is InChI=1S/C11H16N4O2/c1-16-11-13-9-7-12-6-8(9)10(14-11)15-2-4-17-5-3-15/h12H,2-7H2,1H3. The van der Waals surface area contributed by atoms with Gasteiger partial charge >= 0.3 is 6.01 Å². The SMILES string of the molecule is COc1nc2c(c(N3CCOCC3)n1)CNC2. The number of ether oxygens (including phenoxy) is 2. The minimum absolute atomic E-state index is 0.453. The minimum atomic E-state index is 0.453. The average Bonchev–Trinajstić information content (AvgIpc) is 2.86. The lowest BCUT2D eigenvalue weighted by atomic mass is 10.2. The predicted molar refractivity (Wildman–Crippen MR) is 62.2 cm³/mol. The van der Waals surface area contributed by atoms with Gasteiger partial charge in [0.15, 0.2) is 0 Å². The van der Waals surface area contributed by atoms with Crippen LogP contribution in [-0.2, 0) is 17.8 Å². The van der Waals surface area contributed by atoms with E-state index in [1.54, 1.807) is 7.11 Å². The Labute approximate surface area is 100.0 Å². The summed E-state index contributed by atoms with van der Waals surface area (Å²) in [4.78, 5) is 11.1. The Bertz CT molecular complexity index is 418. The number of methoxy groups -OCH3 is 1. The van der Waals surface area contributed by atoms with E-state index in [4.69, 9.17) is 9.47 Å².